The Labute approximate surface area is 152 Å². The average Bonchev–Trinajstić information content (AvgIpc) is 2.67. The smallest absolute Gasteiger partial charge is 0.328 e. The van der Waals surface area contributed by atoms with Crippen LogP contribution in [0.15, 0.2) is 48.5 Å². The predicted molar refractivity (Wildman–Crippen MR) is 98.0 cm³/mol. The summed E-state index contributed by atoms with van der Waals surface area (Å²) in [4.78, 5) is 12.8. The van der Waals surface area contributed by atoms with E-state index in [-0.39, 0.29) is 6.01 Å². The van der Waals surface area contributed by atoms with Gasteiger partial charge in [-0.2, -0.15) is 9.97 Å². The van der Waals surface area contributed by atoms with Crippen LogP contribution in [0.4, 0.5) is 5.82 Å². The van der Waals surface area contributed by atoms with Crippen LogP contribution in [0.2, 0.25) is 0 Å². The van der Waals surface area contributed by atoms with E-state index in [2.05, 4.69) is 20.3 Å². The van der Waals surface area contributed by atoms with Crippen molar-refractivity contribution >= 4 is 5.82 Å². The van der Waals surface area contributed by atoms with Gasteiger partial charge in [-0.05, 0) is 25.1 Å². The average molecular weight is 352 g/mol. The summed E-state index contributed by atoms with van der Waals surface area (Å²) in [7, 11) is 3.05. The van der Waals surface area contributed by atoms with E-state index in [1.165, 1.54) is 14.2 Å². The minimum atomic E-state index is 0.155. The van der Waals surface area contributed by atoms with E-state index in [9.17, 15) is 0 Å². The first kappa shape index (κ1) is 17.5. The molecule has 0 bridgehead atoms. The molecule has 0 atom stereocenters. The van der Waals surface area contributed by atoms with Gasteiger partial charge in [0.25, 0.3) is 0 Å². The number of pyridine rings is 1. The number of anilines is 1. The van der Waals surface area contributed by atoms with E-state index >= 15 is 0 Å². The highest BCUT2D eigenvalue weighted by Gasteiger charge is 2.10. The number of ether oxygens (including phenoxy) is 3. The molecule has 0 unspecified atom stereocenters. The van der Waals surface area contributed by atoms with Crippen LogP contribution in [-0.4, -0.2) is 29.2 Å². The topological polar surface area (TPSA) is 78.4 Å². The molecule has 0 spiro atoms. The quantitative estimate of drug-likeness (QED) is 0.696. The molecule has 0 aliphatic rings. The summed E-state index contributed by atoms with van der Waals surface area (Å²) in [5.41, 5.74) is 1.90. The van der Waals surface area contributed by atoms with E-state index in [0.717, 1.165) is 17.1 Å². The first-order valence-electron chi connectivity index (χ1n) is 8.08. The largest absolute Gasteiger partial charge is 0.481 e. The van der Waals surface area contributed by atoms with Gasteiger partial charge >= 0.3 is 6.01 Å². The molecule has 0 saturated carbocycles. The Kier molecular flexibility index (Phi) is 5.48. The Balaban J connectivity index is 1.79. The van der Waals surface area contributed by atoms with E-state index in [1.807, 2.05) is 49.4 Å². The normalized spacial score (nSPS) is 10.3. The maximum absolute atomic E-state index is 5.86. The summed E-state index contributed by atoms with van der Waals surface area (Å²) >= 11 is 0. The first-order chi connectivity index (χ1) is 12.7. The summed E-state index contributed by atoms with van der Waals surface area (Å²) in [6, 6.07) is 15.2. The lowest BCUT2D eigenvalue weighted by Gasteiger charge is -2.12. The summed E-state index contributed by atoms with van der Waals surface area (Å²) in [5, 5.41) is 3.29. The zero-order valence-electron chi connectivity index (χ0n) is 14.9. The van der Waals surface area contributed by atoms with Crippen molar-refractivity contribution in [3.05, 3.63) is 59.8 Å². The van der Waals surface area contributed by atoms with Crippen LogP contribution in [0.3, 0.4) is 0 Å². The van der Waals surface area contributed by atoms with Crippen molar-refractivity contribution in [2.75, 3.05) is 19.5 Å². The molecular formula is C19H20N4O3. The van der Waals surface area contributed by atoms with Gasteiger partial charge in [-0.3, -0.25) is 0 Å². The standard InChI is InChI=1S/C19H20N4O3/c1-13-7-6-10-16(21-13)20-12-14-8-4-5-9-15(14)26-19-22-17(24-2)11-18(23-19)25-3/h4-11H,12H2,1-3H3,(H,20,21). The number of methoxy groups -OCH3 is 2. The van der Waals surface area contributed by atoms with Crippen molar-refractivity contribution in [3.63, 3.8) is 0 Å². The maximum Gasteiger partial charge on any atom is 0.328 e. The van der Waals surface area contributed by atoms with Crippen molar-refractivity contribution in [2.24, 2.45) is 0 Å². The lowest BCUT2D eigenvalue weighted by atomic mass is 10.2. The van der Waals surface area contributed by atoms with Gasteiger partial charge in [0.05, 0.1) is 20.3 Å². The molecule has 0 aliphatic heterocycles. The van der Waals surface area contributed by atoms with Gasteiger partial charge in [0, 0.05) is 17.8 Å². The maximum atomic E-state index is 5.86. The van der Waals surface area contributed by atoms with E-state index < -0.39 is 0 Å². The number of para-hydroxylation sites is 1. The Morgan fingerprint density at radius 2 is 1.62 bits per heavy atom. The lowest BCUT2D eigenvalue weighted by Crippen LogP contribution is -2.04. The molecule has 0 amide bonds. The van der Waals surface area contributed by atoms with Gasteiger partial charge in [0.1, 0.15) is 11.6 Å². The van der Waals surface area contributed by atoms with Crippen molar-refractivity contribution in [2.45, 2.75) is 13.5 Å². The Morgan fingerprint density at radius 1 is 0.885 bits per heavy atom. The SMILES string of the molecule is COc1cc(OC)nc(Oc2ccccc2CNc2cccc(C)n2)n1. The number of rotatable bonds is 7. The molecule has 0 aliphatic carbocycles. The van der Waals surface area contributed by atoms with Crippen LogP contribution in [0.5, 0.6) is 23.5 Å². The Hall–Kier alpha value is -3.35. The van der Waals surface area contributed by atoms with Gasteiger partial charge in [-0.1, -0.05) is 24.3 Å². The second kappa shape index (κ2) is 8.15. The number of nitrogens with zero attached hydrogens (tertiary/aromatic N) is 3. The summed E-state index contributed by atoms with van der Waals surface area (Å²) in [5.74, 6) is 2.18. The minimum Gasteiger partial charge on any atom is -0.481 e. The molecule has 0 fully saturated rings. The predicted octanol–water partition coefficient (Wildman–Crippen LogP) is 3.60. The molecule has 1 aromatic carbocycles. The van der Waals surface area contributed by atoms with Crippen LogP contribution >= 0.6 is 0 Å². The number of benzene rings is 1. The zero-order valence-corrected chi connectivity index (χ0v) is 14.9. The second-order valence-electron chi connectivity index (χ2n) is 5.46. The third-order valence-electron chi connectivity index (χ3n) is 3.60. The molecule has 7 heteroatoms. The first-order valence-corrected chi connectivity index (χ1v) is 8.08. The van der Waals surface area contributed by atoms with Crippen molar-refractivity contribution in [1.82, 2.24) is 15.0 Å². The third-order valence-corrected chi connectivity index (χ3v) is 3.60. The fourth-order valence-electron chi connectivity index (χ4n) is 2.31. The fraction of sp³-hybridized carbons (Fsp3) is 0.211. The zero-order chi connectivity index (χ0) is 18.4. The van der Waals surface area contributed by atoms with E-state index in [1.54, 1.807) is 6.07 Å². The Bertz CT molecular complexity index is 864. The summed E-state index contributed by atoms with van der Waals surface area (Å²) < 4.78 is 16.2. The molecule has 0 saturated heterocycles. The van der Waals surface area contributed by atoms with Crippen LogP contribution in [0, 0.1) is 6.92 Å². The number of hydrogen-bond donors (Lipinski definition) is 1. The lowest BCUT2D eigenvalue weighted by molar-refractivity contribution is 0.347. The molecule has 2 heterocycles. The second-order valence-corrected chi connectivity index (χ2v) is 5.46. The van der Waals surface area contributed by atoms with E-state index in [0.29, 0.717) is 24.1 Å². The monoisotopic (exact) mass is 352 g/mol. The van der Waals surface area contributed by atoms with Crippen LogP contribution in [-0.2, 0) is 6.54 Å². The van der Waals surface area contributed by atoms with Gasteiger partial charge in [0.15, 0.2) is 0 Å². The van der Waals surface area contributed by atoms with Crippen LogP contribution < -0.4 is 19.5 Å². The number of hydrogen-bond acceptors (Lipinski definition) is 7. The third kappa shape index (κ3) is 4.38. The summed E-state index contributed by atoms with van der Waals surface area (Å²) in [6.07, 6.45) is 0. The van der Waals surface area contributed by atoms with Gasteiger partial charge in [-0.15, -0.1) is 0 Å². The molecule has 1 N–H and O–H groups in total. The van der Waals surface area contributed by atoms with E-state index in [4.69, 9.17) is 14.2 Å². The molecule has 3 aromatic rings. The highest BCUT2D eigenvalue weighted by molar-refractivity contribution is 5.41. The molecular weight excluding hydrogens is 332 g/mol. The molecule has 7 nitrogen and oxygen atoms in total. The number of aryl methyl sites for hydroxylation is 1. The van der Waals surface area contributed by atoms with Crippen LogP contribution in [0.25, 0.3) is 0 Å². The van der Waals surface area contributed by atoms with Crippen LogP contribution in [0.1, 0.15) is 11.3 Å². The Morgan fingerprint density at radius 3 is 2.31 bits per heavy atom. The highest BCUT2D eigenvalue weighted by Crippen LogP contribution is 2.26. The van der Waals surface area contributed by atoms with Gasteiger partial charge < -0.3 is 19.5 Å². The highest BCUT2D eigenvalue weighted by atomic mass is 16.5. The molecule has 26 heavy (non-hydrogen) atoms. The molecule has 0 radical (unpaired) electrons. The fourth-order valence-corrected chi connectivity index (χ4v) is 2.31. The number of nitrogens with one attached hydrogen (secondary N) is 1. The van der Waals surface area contributed by atoms with Crippen molar-refractivity contribution in [3.8, 4) is 23.5 Å². The van der Waals surface area contributed by atoms with Gasteiger partial charge in [-0.25, -0.2) is 4.98 Å². The minimum absolute atomic E-state index is 0.155. The van der Waals surface area contributed by atoms with Gasteiger partial charge in [0.2, 0.25) is 11.8 Å². The molecule has 3 rings (SSSR count). The molecule has 2 aromatic heterocycles. The van der Waals surface area contributed by atoms with Crippen molar-refractivity contribution in [1.29, 1.82) is 0 Å². The summed E-state index contributed by atoms with van der Waals surface area (Å²) in [6.45, 7) is 2.50. The number of aromatic nitrogens is 3. The van der Waals surface area contributed by atoms with Crippen molar-refractivity contribution < 1.29 is 14.2 Å². The molecule has 134 valence electrons.